The van der Waals surface area contributed by atoms with Gasteiger partial charge in [-0.1, -0.05) is 19.9 Å². The molecule has 8 nitrogen and oxygen atoms in total. The Labute approximate surface area is 192 Å². The molecule has 172 valence electrons. The van der Waals surface area contributed by atoms with E-state index in [-0.39, 0.29) is 11.6 Å². The van der Waals surface area contributed by atoms with Gasteiger partial charge in [0.25, 0.3) is 0 Å². The molecule has 33 heavy (non-hydrogen) atoms. The highest BCUT2D eigenvalue weighted by atomic mass is 19.1. The van der Waals surface area contributed by atoms with Crippen molar-refractivity contribution in [2.75, 3.05) is 36.8 Å². The molecular formula is C24H29FN8. The molecule has 9 heteroatoms. The molecular weight excluding hydrogens is 419 g/mol. The number of nitrogens with one attached hydrogen (secondary N) is 1. The van der Waals surface area contributed by atoms with Crippen LogP contribution in [-0.2, 0) is 7.05 Å². The maximum absolute atomic E-state index is 13.9. The molecule has 4 aromatic rings. The average molecular weight is 449 g/mol. The molecule has 1 aliphatic heterocycles. The van der Waals surface area contributed by atoms with Crippen LogP contribution in [0.5, 0.6) is 0 Å². The monoisotopic (exact) mass is 448 g/mol. The van der Waals surface area contributed by atoms with E-state index in [1.54, 1.807) is 6.07 Å². The van der Waals surface area contributed by atoms with Gasteiger partial charge in [-0.05, 0) is 30.2 Å². The summed E-state index contributed by atoms with van der Waals surface area (Å²) in [6.45, 7) is 8.54. The number of nitrogen functional groups attached to an aromatic ring is 1. The first-order valence-electron chi connectivity index (χ1n) is 11.0. The number of hydrogen-bond acceptors (Lipinski definition) is 7. The quantitative estimate of drug-likeness (QED) is 0.496. The van der Waals surface area contributed by atoms with Gasteiger partial charge in [0.1, 0.15) is 5.69 Å². The summed E-state index contributed by atoms with van der Waals surface area (Å²) < 4.78 is 15.8. The SMILES string of the molecule is CC(C)c1c2cc(-c3nc(N)ncc3F)ccc2nn1C.c1cncc(N2CCNCC2)c1. The van der Waals surface area contributed by atoms with Crippen LogP contribution >= 0.6 is 0 Å². The van der Waals surface area contributed by atoms with E-state index in [1.165, 1.54) is 5.69 Å². The lowest BCUT2D eigenvalue weighted by Crippen LogP contribution is -2.43. The number of piperazine rings is 1. The maximum Gasteiger partial charge on any atom is 0.220 e. The van der Waals surface area contributed by atoms with Gasteiger partial charge in [0.2, 0.25) is 5.95 Å². The molecule has 1 saturated heterocycles. The highest BCUT2D eigenvalue weighted by Gasteiger charge is 2.15. The topological polar surface area (TPSA) is 97.8 Å². The molecule has 1 aromatic carbocycles. The predicted octanol–water partition coefficient (Wildman–Crippen LogP) is 3.37. The van der Waals surface area contributed by atoms with Crippen molar-refractivity contribution < 1.29 is 4.39 Å². The van der Waals surface area contributed by atoms with Crippen molar-refractivity contribution in [1.29, 1.82) is 0 Å². The summed E-state index contributed by atoms with van der Waals surface area (Å²) in [4.78, 5) is 14.1. The molecule has 0 unspecified atom stereocenters. The van der Waals surface area contributed by atoms with Crippen LogP contribution < -0.4 is 16.0 Å². The number of anilines is 2. The fourth-order valence-corrected chi connectivity index (χ4v) is 4.10. The zero-order valence-corrected chi connectivity index (χ0v) is 19.2. The Morgan fingerprint density at radius 2 is 1.91 bits per heavy atom. The van der Waals surface area contributed by atoms with E-state index in [0.717, 1.165) is 49.0 Å². The van der Waals surface area contributed by atoms with Crippen molar-refractivity contribution >= 4 is 22.5 Å². The zero-order chi connectivity index (χ0) is 23.4. The van der Waals surface area contributed by atoms with Crippen LogP contribution in [0.3, 0.4) is 0 Å². The summed E-state index contributed by atoms with van der Waals surface area (Å²) in [5.41, 5.74) is 9.66. The third kappa shape index (κ3) is 5.09. The first-order chi connectivity index (χ1) is 15.9. The zero-order valence-electron chi connectivity index (χ0n) is 19.2. The highest BCUT2D eigenvalue weighted by Crippen LogP contribution is 2.30. The van der Waals surface area contributed by atoms with Crippen LogP contribution in [0.2, 0.25) is 0 Å². The Bertz CT molecular complexity index is 1220. The van der Waals surface area contributed by atoms with Crippen LogP contribution in [0.1, 0.15) is 25.5 Å². The smallest absolute Gasteiger partial charge is 0.220 e. The second-order valence-corrected chi connectivity index (χ2v) is 8.27. The molecule has 0 amide bonds. The third-order valence-electron chi connectivity index (χ3n) is 5.59. The summed E-state index contributed by atoms with van der Waals surface area (Å²) in [6, 6.07) is 9.66. The molecule has 4 heterocycles. The fraction of sp³-hybridized carbons (Fsp3) is 0.333. The van der Waals surface area contributed by atoms with Gasteiger partial charge in [-0.25, -0.2) is 14.4 Å². The van der Waals surface area contributed by atoms with E-state index < -0.39 is 5.82 Å². The number of aromatic nitrogens is 5. The molecule has 0 radical (unpaired) electrons. The molecule has 0 spiro atoms. The fourth-order valence-electron chi connectivity index (χ4n) is 4.10. The van der Waals surface area contributed by atoms with Gasteiger partial charge in [0, 0.05) is 56.1 Å². The van der Waals surface area contributed by atoms with Crippen LogP contribution in [0.15, 0.2) is 48.9 Å². The van der Waals surface area contributed by atoms with Crippen LogP contribution in [-0.4, -0.2) is 50.9 Å². The van der Waals surface area contributed by atoms with Gasteiger partial charge < -0.3 is 16.0 Å². The minimum absolute atomic E-state index is 0.0572. The largest absolute Gasteiger partial charge is 0.368 e. The molecule has 0 saturated carbocycles. The van der Waals surface area contributed by atoms with Crippen molar-refractivity contribution in [2.45, 2.75) is 19.8 Å². The summed E-state index contributed by atoms with van der Waals surface area (Å²) in [5, 5.41) is 8.80. The summed E-state index contributed by atoms with van der Waals surface area (Å²) >= 11 is 0. The van der Waals surface area contributed by atoms with Crippen molar-refractivity contribution in [3.8, 4) is 11.3 Å². The first-order valence-corrected chi connectivity index (χ1v) is 11.0. The number of pyridine rings is 1. The standard InChI is InChI=1S/C15H16FN5.C9H13N3/c1-8(2)14-10-6-9(4-5-12(10)20-21(14)3)13-11(16)7-18-15(17)19-13;1-2-9(8-11-3-1)12-6-4-10-5-7-12/h4-8H,1-3H3,(H2,17,18,19);1-3,8,10H,4-7H2. The van der Waals surface area contributed by atoms with Gasteiger partial charge in [-0.3, -0.25) is 9.67 Å². The highest BCUT2D eigenvalue weighted by molar-refractivity contribution is 5.86. The number of fused-ring (bicyclic) bond motifs is 1. The second kappa shape index (κ2) is 9.91. The molecule has 3 N–H and O–H groups in total. The summed E-state index contributed by atoms with van der Waals surface area (Å²) in [5.74, 6) is -0.115. The van der Waals surface area contributed by atoms with Crippen molar-refractivity contribution in [3.63, 3.8) is 0 Å². The number of nitrogens with two attached hydrogens (primary N) is 1. The lowest BCUT2D eigenvalue weighted by molar-refractivity contribution is 0.589. The van der Waals surface area contributed by atoms with E-state index >= 15 is 0 Å². The van der Waals surface area contributed by atoms with Gasteiger partial charge in [0.05, 0.1) is 23.6 Å². The number of nitrogens with zero attached hydrogens (tertiary/aromatic N) is 6. The lowest BCUT2D eigenvalue weighted by atomic mass is 10.0. The summed E-state index contributed by atoms with van der Waals surface area (Å²) in [6.07, 6.45) is 4.82. The normalized spacial score (nSPS) is 13.8. The van der Waals surface area contributed by atoms with Gasteiger partial charge >= 0.3 is 0 Å². The van der Waals surface area contributed by atoms with Crippen LogP contribution in [0.25, 0.3) is 22.2 Å². The minimum atomic E-state index is -0.487. The second-order valence-electron chi connectivity index (χ2n) is 8.27. The van der Waals surface area contributed by atoms with E-state index in [4.69, 9.17) is 5.73 Å². The van der Waals surface area contributed by atoms with Gasteiger partial charge in [-0.15, -0.1) is 0 Å². The molecule has 1 fully saturated rings. The number of rotatable bonds is 3. The molecule has 0 bridgehead atoms. The summed E-state index contributed by atoms with van der Waals surface area (Å²) in [7, 11) is 1.91. The first kappa shape index (κ1) is 22.6. The molecule has 3 aromatic heterocycles. The Morgan fingerprint density at radius 1 is 1.12 bits per heavy atom. The predicted molar refractivity (Wildman–Crippen MR) is 130 cm³/mol. The van der Waals surface area contributed by atoms with Crippen molar-refractivity contribution in [1.82, 2.24) is 30.0 Å². The maximum atomic E-state index is 13.9. The third-order valence-corrected chi connectivity index (χ3v) is 5.59. The molecule has 0 atom stereocenters. The van der Waals surface area contributed by atoms with Crippen LogP contribution in [0.4, 0.5) is 16.0 Å². The average Bonchev–Trinajstić information content (AvgIpc) is 3.17. The minimum Gasteiger partial charge on any atom is -0.368 e. The van der Waals surface area contributed by atoms with Crippen molar-refractivity contribution in [2.24, 2.45) is 7.05 Å². The van der Waals surface area contributed by atoms with Crippen molar-refractivity contribution in [3.05, 3.63) is 60.4 Å². The number of aryl methyl sites for hydroxylation is 1. The molecule has 0 aliphatic carbocycles. The van der Waals surface area contributed by atoms with Gasteiger partial charge in [0.15, 0.2) is 5.82 Å². The van der Waals surface area contributed by atoms with E-state index in [0.29, 0.717) is 11.5 Å². The number of hydrogen-bond donors (Lipinski definition) is 2. The molecule has 1 aliphatic rings. The Balaban J connectivity index is 0.000000183. The number of benzene rings is 1. The van der Waals surface area contributed by atoms with E-state index in [2.05, 4.69) is 50.2 Å². The Morgan fingerprint density at radius 3 is 2.61 bits per heavy atom. The number of halogens is 1. The Hall–Kier alpha value is -3.59. The molecule has 5 rings (SSSR count). The van der Waals surface area contributed by atoms with Gasteiger partial charge in [-0.2, -0.15) is 5.10 Å². The lowest BCUT2D eigenvalue weighted by Gasteiger charge is -2.28. The Kier molecular flexibility index (Phi) is 6.79. The van der Waals surface area contributed by atoms with Crippen LogP contribution in [0, 0.1) is 5.82 Å². The van der Waals surface area contributed by atoms with E-state index in [9.17, 15) is 4.39 Å². The van der Waals surface area contributed by atoms with E-state index in [1.807, 2.05) is 42.3 Å².